The van der Waals surface area contributed by atoms with E-state index in [1.165, 1.54) is 6.07 Å². The van der Waals surface area contributed by atoms with Gasteiger partial charge in [0.2, 0.25) is 0 Å². The van der Waals surface area contributed by atoms with Gasteiger partial charge in [-0.15, -0.1) is 0 Å². The van der Waals surface area contributed by atoms with Crippen molar-refractivity contribution in [2.45, 2.75) is 0 Å². The number of ketones is 1. The van der Waals surface area contributed by atoms with Crippen LogP contribution in [0.25, 0.3) is 6.08 Å². The van der Waals surface area contributed by atoms with E-state index in [9.17, 15) is 4.79 Å². The first kappa shape index (κ1) is 14.5. The summed E-state index contributed by atoms with van der Waals surface area (Å²) in [5, 5.41) is 1.38. The fraction of sp³-hybridized carbons (Fsp3) is 0.0625. The van der Waals surface area contributed by atoms with Crippen LogP contribution in [0.15, 0.2) is 42.0 Å². The van der Waals surface area contributed by atoms with E-state index in [2.05, 4.69) is 0 Å². The van der Waals surface area contributed by atoms with Gasteiger partial charge >= 0.3 is 0 Å². The third kappa shape index (κ3) is 2.93. The summed E-state index contributed by atoms with van der Waals surface area (Å²) >= 11 is 17.9. The molecular formula is C16H9Cl3O2. The van der Waals surface area contributed by atoms with E-state index in [0.29, 0.717) is 32.0 Å². The van der Waals surface area contributed by atoms with Crippen molar-refractivity contribution in [1.29, 1.82) is 0 Å². The monoisotopic (exact) mass is 338 g/mol. The van der Waals surface area contributed by atoms with E-state index in [4.69, 9.17) is 39.5 Å². The third-order valence-corrected chi connectivity index (χ3v) is 3.90. The van der Waals surface area contributed by atoms with Gasteiger partial charge in [0.1, 0.15) is 12.4 Å². The Morgan fingerprint density at radius 3 is 2.43 bits per heavy atom. The zero-order chi connectivity index (χ0) is 15.0. The molecule has 0 atom stereocenters. The summed E-state index contributed by atoms with van der Waals surface area (Å²) in [5.74, 6) is 0.277. The lowest BCUT2D eigenvalue weighted by Crippen LogP contribution is -2.19. The summed E-state index contributed by atoms with van der Waals surface area (Å²) in [6.07, 6.45) is 1.77. The first-order chi connectivity index (χ1) is 10.0. The second-order valence-corrected chi connectivity index (χ2v) is 5.88. The molecule has 21 heavy (non-hydrogen) atoms. The molecule has 0 saturated heterocycles. The van der Waals surface area contributed by atoms with Crippen LogP contribution in [0.2, 0.25) is 15.1 Å². The van der Waals surface area contributed by atoms with Crippen LogP contribution in [0.3, 0.4) is 0 Å². The molecule has 2 nitrogen and oxygen atoms in total. The first-order valence-corrected chi connectivity index (χ1v) is 7.30. The molecule has 1 aliphatic rings. The summed E-state index contributed by atoms with van der Waals surface area (Å²) in [7, 11) is 0. The molecule has 0 fully saturated rings. The molecule has 0 unspecified atom stereocenters. The Kier molecular flexibility index (Phi) is 3.94. The van der Waals surface area contributed by atoms with Gasteiger partial charge in [-0.25, -0.2) is 0 Å². The number of rotatable bonds is 1. The van der Waals surface area contributed by atoms with Crippen LogP contribution in [-0.2, 0) is 0 Å². The molecule has 0 saturated carbocycles. The normalized spacial score (nSPS) is 15.8. The van der Waals surface area contributed by atoms with E-state index in [-0.39, 0.29) is 12.4 Å². The van der Waals surface area contributed by atoms with Crippen LogP contribution in [-0.4, -0.2) is 12.4 Å². The standard InChI is InChI=1S/C16H9Cl3O2/c17-11-3-1-9(2-4-11)5-10-8-21-14-7-12(18)6-13(19)15(14)16(10)20/h1-7H,8H2/b10-5+. The Bertz CT molecular complexity index is 749. The van der Waals surface area contributed by atoms with Crippen LogP contribution >= 0.6 is 34.8 Å². The number of benzene rings is 2. The molecule has 1 heterocycles. The van der Waals surface area contributed by atoms with E-state index in [1.807, 2.05) is 12.1 Å². The second kappa shape index (κ2) is 5.72. The van der Waals surface area contributed by atoms with Crippen molar-refractivity contribution in [2.24, 2.45) is 0 Å². The lowest BCUT2D eigenvalue weighted by atomic mass is 9.98. The lowest BCUT2D eigenvalue weighted by Gasteiger charge is -2.20. The highest BCUT2D eigenvalue weighted by atomic mass is 35.5. The number of Topliss-reactive ketones (excluding diaryl/α,β-unsaturated/α-hetero) is 1. The molecule has 0 amide bonds. The zero-order valence-corrected chi connectivity index (χ0v) is 13.0. The minimum absolute atomic E-state index is 0.145. The number of hydrogen-bond donors (Lipinski definition) is 0. The van der Waals surface area contributed by atoms with Crippen molar-refractivity contribution in [3.63, 3.8) is 0 Å². The summed E-state index contributed by atoms with van der Waals surface area (Å²) in [4.78, 5) is 12.5. The molecule has 0 bridgehead atoms. The van der Waals surface area contributed by atoms with E-state index in [0.717, 1.165) is 5.56 Å². The molecule has 1 aliphatic heterocycles. The predicted molar refractivity (Wildman–Crippen MR) is 85.7 cm³/mol. The van der Waals surface area contributed by atoms with Crippen molar-refractivity contribution in [3.8, 4) is 5.75 Å². The highest BCUT2D eigenvalue weighted by molar-refractivity contribution is 6.38. The van der Waals surface area contributed by atoms with E-state index in [1.54, 1.807) is 24.3 Å². The first-order valence-electron chi connectivity index (χ1n) is 6.17. The van der Waals surface area contributed by atoms with Gasteiger partial charge in [-0.2, -0.15) is 0 Å². The topological polar surface area (TPSA) is 26.3 Å². The third-order valence-electron chi connectivity index (χ3n) is 3.13. The predicted octanol–water partition coefficient (Wildman–Crippen LogP) is 5.31. The van der Waals surface area contributed by atoms with E-state index >= 15 is 0 Å². The molecule has 0 radical (unpaired) electrons. The number of halogens is 3. The Morgan fingerprint density at radius 2 is 1.71 bits per heavy atom. The minimum Gasteiger partial charge on any atom is -0.488 e. The molecule has 2 aromatic rings. The van der Waals surface area contributed by atoms with Crippen molar-refractivity contribution in [1.82, 2.24) is 0 Å². The number of carbonyl (C=O) groups is 1. The molecule has 3 rings (SSSR count). The molecule has 0 N–H and O–H groups in total. The number of carbonyl (C=O) groups excluding carboxylic acids is 1. The van der Waals surface area contributed by atoms with Gasteiger partial charge in [-0.05, 0) is 35.9 Å². The van der Waals surface area contributed by atoms with Gasteiger partial charge in [-0.1, -0.05) is 46.9 Å². The molecule has 2 aromatic carbocycles. The van der Waals surface area contributed by atoms with Crippen molar-refractivity contribution in [3.05, 3.63) is 68.2 Å². The van der Waals surface area contributed by atoms with Gasteiger partial charge in [0, 0.05) is 15.6 Å². The maximum atomic E-state index is 12.5. The Morgan fingerprint density at radius 1 is 1.00 bits per heavy atom. The van der Waals surface area contributed by atoms with Crippen LogP contribution in [0.5, 0.6) is 5.75 Å². The van der Waals surface area contributed by atoms with E-state index < -0.39 is 0 Å². The highest BCUT2D eigenvalue weighted by Crippen LogP contribution is 2.36. The quantitative estimate of drug-likeness (QED) is 0.659. The summed E-state index contributed by atoms with van der Waals surface area (Å²) in [5.41, 5.74) is 1.77. The van der Waals surface area contributed by atoms with Crippen molar-refractivity contribution in [2.75, 3.05) is 6.61 Å². The van der Waals surface area contributed by atoms with Crippen LogP contribution in [0, 0.1) is 0 Å². The molecule has 0 spiro atoms. The zero-order valence-electron chi connectivity index (χ0n) is 10.7. The summed E-state index contributed by atoms with van der Waals surface area (Å²) < 4.78 is 5.58. The Balaban J connectivity index is 2.01. The molecule has 0 aliphatic carbocycles. The van der Waals surface area contributed by atoms with Crippen LogP contribution in [0.1, 0.15) is 15.9 Å². The van der Waals surface area contributed by atoms with Crippen LogP contribution in [0.4, 0.5) is 0 Å². The minimum atomic E-state index is -0.145. The van der Waals surface area contributed by atoms with Gasteiger partial charge < -0.3 is 4.74 Å². The summed E-state index contributed by atoms with van der Waals surface area (Å²) in [6, 6.07) is 10.3. The number of hydrogen-bond acceptors (Lipinski definition) is 2. The van der Waals surface area contributed by atoms with Crippen molar-refractivity contribution < 1.29 is 9.53 Å². The molecular weight excluding hydrogens is 331 g/mol. The average Bonchev–Trinajstić information content (AvgIpc) is 2.43. The van der Waals surface area contributed by atoms with Crippen LogP contribution < -0.4 is 4.74 Å². The lowest BCUT2D eigenvalue weighted by molar-refractivity contribution is 0.100. The van der Waals surface area contributed by atoms with Gasteiger partial charge in [0.05, 0.1) is 10.6 Å². The van der Waals surface area contributed by atoms with Crippen molar-refractivity contribution >= 4 is 46.7 Å². The molecule has 0 aromatic heterocycles. The Hall–Kier alpha value is -1.48. The maximum absolute atomic E-state index is 12.5. The SMILES string of the molecule is O=C1/C(=C/c2ccc(Cl)cc2)COc2cc(Cl)cc(Cl)c21. The molecule has 106 valence electrons. The fourth-order valence-corrected chi connectivity index (χ4v) is 2.82. The second-order valence-electron chi connectivity index (χ2n) is 4.60. The van der Waals surface area contributed by atoms with Gasteiger partial charge in [0.15, 0.2) is 5.78 Å². The summed E-state index contributed by atoms with van der Waals surface area (Å²) in [6.45, 7) is 0.186. The Labute approximate surface area is 136 Å². The number of fused-ring (bicyclic) bond motifs is 1. The highest BCUT2D eigenvalue weighted by Gasteiger charge is 2.26. The smallest absolute Gasteiger partial charge is 0.197 e. The molecule has 5 heteroatoms. The van der Waals surface area contributed by atoms with Gasteiger partial charge in [-0.3, -0.25) is 4.79 Å². The maximum Gasteiger partial charge on any atom is 0.197 e. The largest absolute Gasteiger partial charge is 0.488 e. The average molecular weight is 340 g/mol. The fourth-order valence-electron chi connectivity index (χ4n) is 2.13. The number of ether oxygens (including phenoxy) is 1. The van der Waals surface area contributed by atoms with Gasteiger partial charge in [0.25, 0.3) is 0 Å².